The summed E-state index contributed by atoms with van der Waals surface area (Å²) in [4.78, 5) is 26.4. The van der Waals surface area contributed by atoms with Crippen molar-refractivity contribution in [3.8, 4) is 0 Å². The summed E-state index contributed by atoms with van der Waals surface area (Å²) in [5.41, 5.74) is 0.424. The average molecular weight is 264 g/mol. The molecule has 1 saturated carbocycles. The number of hydrogen-bond acceptors (Lipinski definition) is 5. The normalized spacial score (nSPS) is 21.9. The van der Waals surface area contributed by atoms with E-state index in [9.17, 15) is 9.59 Å². The topological polar surface area (TPSA) is 88.5 Å². The summed E-state index contributed by atoms with van der Waals surface area (Å²) in [5, 5.41) is 12.1. The summed E-state index contributed by atoms with van der Waals surface area (Å²) >= 11 is 0. The second kappa shape index (κ2) is 5.69. The van der Waals surface area contributed by atoms with Crippen LogP contribution in [0.3, 0.4) is 0 Å². The summed E-state index contributed by atoms with van der Waals surface area (Å²) in [6.07, 6.45) is 3.57. The van der Waals surface area contributed by atoms with E-state index in [1.54, 1.807) is 12.1 Å². The van der Waals surface area contributed by atoms with Crippen molar-refractivity contribution in [1.29, 1.82) is 0 Å². The molecule has 0 amide bonds. The number of esters is 1. The van der Waals surface area contributed by atoms with Gasteiger partial charge in [0.15, 0.2) is 0 Å². The summed E-state index contributed by atoms with van der Waals surface area (Å²) in [5.74, 6) is -0.888. The summed E-state index contributed by atoms with van der Waals surface area (Å²) < 4.78 is 4.64. The number of carbonyl (C=O) groups is 2. The lowest BCUT2D eigenvalue weighted by molar-refractivity contribution is -0.141. The molecule has 1 aliphatic rings. The molecule has 1 fully saturated rings. The minimum atomic E-state index is -0.749. The summed E-state index contributed by atoms with van der Waals surface area (Å²) in [6, 6.07) is 3.27. The molecule has 0 radical (unpaired) electrons. The Morgan fingerprint density at radius 1 is 1.47 bits per heavy atom. The van der Waals surface area contributed by atoms with E-state index in [-0.39, 0.29) is 12.0 Å². The highest BCUT2D eigenvalue weighted by atomic mass is 16.5. The number of carboxylic acids is 1. The Kier molecular flexibility index (Phi) is 3.99. The Bertz CT molecular complexity index is 489. The molecule has 0 bridgehead atoms. The van der Waals surface area contributed by atoms with E-state index in [2.05, 4.69) is 15.0 Å². The van der Waals surface area contributed by atoms with Crippen molar-refractivity contribution in [2.24, 2.45) is 5.92 Å². The molecule has 1 aromatic heterocycles. The Morgan fingerprint density at radius 3 is 2.89 bits per heavy atom. The van der Waals surface area contributed by atoms with E-state index >= 15 is 0 Å². The van der Waals surface area contributed by atoms with Gasteiger partial charge in [-0.3, -0.25) is 4.79 Å². The quantitative estimate of drug-likeness (QED) is 0.802. The van der Waals surface area contributed by atoms with Crippen LogP contribution in [0.1, 0.15) is 29.6 Å². The highest BCUT2D eigenvalue weighted by Crippen LogP contribution is 2.27. The van der Waals surface area contributed by atoms with E-state index in [4.69, 9.17) is 5.11 Å². The Hall–Kier alpha value is -2.11. The highest BCUT2D eigenvalue weighted by Gasteiger charge is 2.29. The zero-order valence-electron chi connectivity index (χ0n) is 10.6. The van der Waals surface area contributed by atoms with E-state index in [1.807, 2.05) is 0 Å². The lowest BCUT2D eigenvalue weighted by atomic mass is 10.1. The number of carbonyl (C=O) groups excluding carboxylic acids is 1. The number of methoxy groups -OCH3 is 1. The van der Waals surface area contributed by atoms with Gasteiger partial charge in [-0.05, 0) is 31.4 Å². The molecule has 2 unspecified atom stereocenters. The third kappa shape index (κ3) is 3.21. The van der Waals surface area contributed by atoms with Gasteiger partial charge in [-0.25, -0.2) is 9.78 Å². The lowest BCUT2D eigenvalue weighted by Gasteiger charge is -2.13. The molecule has 0 spiro atoms. The number of aliphatic carboxylic acids is 1. The number of anilines is 1. The van der Waals surface area contributed by atoms with Crippen LogP contribution in [0.25, 0.3) is 0 Å². The zero-order chi connectivity index (χ0) is 13.8. The number of carboxylic acid groups (broad SMARTS) is 1. The maximum Gasteiger partial charge on any atom is 0.338 e. The fourth-order valence-corrected chi connectivity index (χ4v) is 2.30. The van der Waals surface area contributed by atoms with Gasteiger partial charge < -0.3 is 15.2 Å². The molecule has 102 valence electrons. The summed E-state index contributed by atoms with van der Waals surface area (Å²) in [6.45, 7) is 0. The van der Waals surface area contributed by atoms with Gasteiger partial charge in [-0.15, -0.1) is 0 Å². The Morgan fingerprint density at radius 2 is 2.26 bits per heavy atom. The molecule has 6 heteroatoms. The fraction of sp³-hybridized carbons (Fsp3) is 0.462. The van der Waals surface area contributed by atoms with Crippen molar-refractivity contribution in [3.63, 3.8) is 0 Å². The molecular weight excluding hydrogens is 248 g/mol. The van der Waals surface area contributed by atoms with Crippen LogP contribution in [-0.4, -0.2) is 35.2 Å². The predicted molar refractivity (Wildman–Crippen MR) is 68.0 cm³/mol. The van der Waals surface area contributed by atoms with Crippen molar-refractivity contribution in [2.75, 3.05) is 12.4 Å². The van der Waals surface area contributed by atoms with Gasteiger partial charge in [0.2, 0.25) is 0 Å². The first kappa shape index (κ1) is 13.3. The second-order valence-electron chi connectivity index (χ2n) is 4.61. The van der Waals surface area contributed by atoms with Crippen LogP contribution >= 0.6 is 0 Å². The van der Waals surface area contributed by atoms with Crippen molar-refractivity contribution >= 4 is 17.8 Å². The molecule has 1 aromatic rings. The first-order valence-electron chi connectivity index (χ1n) is 6.14. The van der Waals surface area contributed by atoms with Gasteiger partial charge >= 0.3 is 11.9 Å². The van der Waals surface area contributed by atoms with Crippen LogP contribution in [-0.2, 0) is 9.53 Å². The molecule has 2 rings (SSSR count). The van der Waals surface area contributed by atoms with E-state index < -0.39 is 11.9 Å². The number of nitrogens with one attached hydrogen (secondary N) is 1. The SMILES string of the molecule is COC(=O)c1ccnc(NC2CCC(C(=O)O)C2)c1. The smallest absolute Gasteiger partial charge is 0.338 e. The Balaban J connectivity index is 2.00. The van der Waals surface area contributed by atoms with Crippen LogP contribution in [0, 0.1) is 5.92 Å². The second-order valence-corrected chi connectivity index (χ2v) is 4.61. The van der Waals surface area contributed by atoms with Crippen molar-refractivity contribution in [2.45, 2.75) is 25.3 Å². The van der Waals surface area contributed by atoms with Crippen molar-refractivity contribution in [1.82, 2.24) is 4.98 Å². The van der Waals surface area contributed by atoms with Gasteiger partial charge in [-0.2, -0.15) is 0 Å². The van der Waals surface area contributed by atoms with Crippen LogP contribution in [0.15, 0.2) is 18.3 Å². The minimum absolute atomic E-state index is 0.0847. The molecule has 0 aliphatic heterocycles. The predicted octanol–water partition coefficient (Wildman–Crippen LogP) is 1.53. The van der Waals surface area contributed by atoms with Crippen molar-refractivity contribution < 1.29 is 19.4 Å². The molecule has 2 atom stereocenters. The van der Waals surface area contributed by atoms with Crippen LogP contribution in [0.5, 0.6) is 0 Å². The van der Waals surface area contributed by atoms with E-state index in [1.165, 1.54) is 13.3 Å². The molecular formula is C13H16N2O4. The van der Waals surface area contributed by atoms with Crippen molar-refractivity contribution in [3.05, 3.63) is 23.9 Å². The van der Waals surface area contributed by atoms with Gasteiger partial charge in [0.05, 0.1) is 18.6 Å². The van der Waals surface area contributed by atoms with Gasteiger partial charge in [0, 0.05) is 12.2 Å². The molecule has 0 saturated heterocycles. The molecule has 19 heavy (non-hydrogen) atoms. The zero-order valence-corrected chi connectivity index (χ0v) is 10.6. The fourth-order valence-electron chi connectivity index (χ4n) is 2.30. The molecule has 0 aromatic carbocycles. The number of rotatable bonds is 4. The van der Waals surface area contributed by atoms with Gasteiger partial charge in [0.1, 0.15) is 5.82 Å². The number of aromatic nitrogens is 1. The number of pyridine rings is 1. The van der Waals surface area contributed by atoms with Gasteiger partial charge in [-0.1, -0.05) is 0 Å². The largest absolute Gasteiger partial charge is 0.481 e. The standard InChI is InChI=1S/C13H16N2O4/c1-19-13(18)9-4-5-14-11(7-9)15-10-3-2-8(6-10)12(16)17/h4-5,7-8,10H,2-3,6H2,1H3,(H,14,15)(H,16,17). The number of hydrogen-bond donors (Lipinski definition) is 2. The maximum atomic E-state index is 11.4. The number of nitrogens with zero attached hydrogens (tertiary/aromatic N) is 1. The number of ether oxygens (including phenoxy) is 1. The highest BCUT2D eigenvalue weighted by molar-refractivity contribution is 5.90. The van der Waals surface area contributed by atoms with Crippen LogP contribution < -0.4 is 5.32 Å². The summed E-state index contributed by atoms with van der Waals surface area (Å²) in [7, 11) is 1.32. The lowest BCUT2D eigenvalue weighted by Crippen LogP contribution is -2.18. The van der Waals surface area contributed by atoms with E-state index in [0.29, 0.717) is 24.2 Å². The van der Waals surface area contributed by atoms with E-state index in [0.717, 1.165) is 6.42 Å². The monoisotopic (exact) mass is 264 g/mol. The first-order valence-corrected chi connectivity index (χ1v) is 6.14. The van der Waals surface area contributed by atoms with Gasteiger partial charge in [0.25, 0.3) is 0 Å². The van der Waals surface area contributed by atoms with Crippen LogP contribution in [0.2, 0.25) is 0 Å². The third-order valence-electron chi connectivity index (χ3n) is 3.31. The minimum Gasteiger partial charge on any atom is -0.481 e. The molecule has 2 N–H and O–H groups in total. The Labute approximate surface area is 110 Å². The average Bonchev–Trinajstić information content (AvgIpc) is 2.87. The molecule has 6 nitrogen and oxygen atoms in total. The molecule has 1 heterocycles. The first-order chi connectivity index (χ1) is 9.10. The molecule has 1 aliphatic carbocycles. The third-order valence-corrected chi connectivity index (χ3v) is 3.31. The maximum absolute atomic E-state index is 11.4. The van der Waals surface area contributed by atoms with Crippen LogP contribution in [0.4, 0.5) is 5.82 Å².